The first-order valence-corrected chi connectivity index (χ1v) is 7.97. The highest BCUT2D eigenvalue weighted by Crippen LogP contribution is 2.44. The van der Waals surface area contributed by atoms with Gasteiger partial charge in [0, 0.05) is 11.1 Å². The number of fused-ring (bicyclic) bond motifs is 1. The number of nitrogens with zero attached hydrogens (tertiary/aromatic N) is 1. The summed E-state index contributed by atoms with van der Waals surface area (Å²) in [5.74, 6) is 2.52. The maximum Gasteiger partial charge on any atom is 0.160 e. The topological polar surface area (TPSA) is 40.7 Å². The number of benzene rings is 1. The van der Waals surface area contributed by atoms with Gasteiger partial charge in [0.1, 0.15) is 0 Å². The Labute approximate surface area is 125 Å². The van der Waals surface area contributed by atoms with E-state index in [2.05, 4.69) is 52.8 Å². The number of hydrogen-bond acceptors (Lipinski definition) is 2. The van der Waals surface area contributed by atoms with Gasteiger partial charge in [-0.05, 0) is 55.7 Å². The van der Waals surface area contributed by atoms with E-state index in [1.807, 2.05) is 6.07 Å². The Balaban J connectivity index is 1.61. The van der Waals surface area contributed by atoms with Crippen molar-refractivity contribution in [3.05, 3.63) is 47.7 Å². The molecule has 1 unspecified atom stereocenters. The van der Waals surface area contributed by atoms with Gasteiger partial charge in [0.15, 0.2) is 5.82 Å². The minimum absolute atomic E-state index is 0.749. The molecule has 1 fully saturated rings. The highest BCUT2D eigenvalue weighted by atomic mass is 15.2. The summed E-state index contributed by atoms with van der Waals surface area (Å²) in [6.45, 7) is 2.30. The Kier molecular flexibility index (Phi) is 3.06. The molecule has 1 aromatic heterocycles. The van der Waals surface area contributed by atoms with Gasteiger partial charge in [0.05, 0.1) is 5.52 Å². The Morgan fingerprint density at radius 1 is 1.29 bits per heavy atom. The molecule has 0 spiro atoms. The van der Waals surface area contributed by atoms with E-state index >= 15 is 0 Å². The van der Waals surface area contributed by atoms with Crippen molar-refractivity contribution in [2.45, 2.75) is 32.6 Å². The summed E-state index contributed by atoms with van der Waals surface area (Å²) in [4.78, 5) is 0. The fraction of sp³-hybridized carbons (Fsp3) is 0.389. The van der Waals surface area contributed by atoms with Gasteiger partial charge in [-0.2, -0.15) is 5.10 Å². The van der Waals surface area contributed by atoms with Crippen molar-refractivity contribution in [2.75, 3.05) is 5.32 Å². The zero-order valence-electron chi connectivity index (χ0n) is 12.4. The zero-order valence-corrected chi connectivity index (χ0v) is 12.4. The maximum absolute atomic E-state index is 4.41. The maximum atomic E-state index is 4.41. The van der Waals surface area contributed by atoms with Gasteiger partial charge in [-0.25, -0.2) is 0 Å². The van der Waals surface area contributed by atoms with Crippen LogP contribution in [0.5, 0.6) is 0 Å². The Hall–Kier alpha value is -2.03. The number of hydrogen-bond donors (Lipinski definition) is 2. The van der Waals surface area contributed by atoms with E-state index in [0.29, 0.717) is 0 Å². The Morgan fingerprint density at radius 2 is 2.14 bits per heavy atom. The van der Waals surface area contributed by atoms with Crippen LogP contribution in [0.25, 0.3) is 10.9 Å². The molecule has 3 nitrogen and oxygen atoms in total. The van der Waals surface area contributed by atoms with Crippen LogP contribution in [0.3, 0.4) is 0 Å². The van der Waals surface area contributed by atoms with Crippen LogP contribution in [0.2, 0.25) is 0 Å². The summed E-state index contributed by atoms with van der Waals surface area (Å²) in [6, 6.07) is 8.24. The van der Waals surface area contributed by atoms with Gasteiger partial charge in [-0.1, -0.05) is 30.7 Å². The SMILES string of the molecule is CCC1CC=C(Nc2n[nH]c3ccccc23)C=C1C1CC1. The predicted octanol–water partition coefficient (Wildman–Crippen LogP) is 4.63. The summed E-state index contributed by atoms with van der Waals surface area (Å²) in [7, 11) is 0. The van der Waals surface area contributed by atoms with Gasteiger partial charge >= 0.3 is 0 Å². The van der Waals surface area contributed by atoms with Crippen molar-refractivity contribution in [3.8, 4) is 0 Å². The first-order valence-electron chi connectivity index (χ1n) is 7.97. The van der Waals surface area contributed by atoms with E-state index in [0.717, 1.165) is 35.0 Å². The van der Waals surface area contributed by atoms with Gasteiger partial charge in [-0.3, -0.25) is 5.10 Å². The number of H-pyrrole nitrogens is 1. The fourth-order valence-electron chi connectivity index (χ4n) is 3.31. The minimum atomic E-state index is 0.749. The predicted molar refractivity (Wildman–Crippen MR) is 87.0 cm³/mol. The summed E-state index contributed by atoms with van der Waals surface area (Å²) in [6.07, 6.45) is 9.85. The molecule has 1 heterocycles. The number of allylic oxidation sites excluding steroid dienone is 3. The molecule has 1 aromatic carbocycles. The largest absolute Gasteiger partial charge is 0.339 e. The molecule has 4 rings (SSSR count). The molecule has 2 aromatic rings. The second kappa shape index (κ2) is 5.06. The van der Waals surface area contributed by atoms with Crippen molar-refractivity contribution >= 4 is 16.7 Å². The highest BCUT2D eigenvalue weighted by Gasteiger charge is 2.31. The molecular weight excluding hydrogens is 258 g/mol. The van der Waals surface area contributed by atoms with Crippen LogP contribution in [0, 0.1) is 11.8 Å². The van der Waals surface area contributed by atoms with Crippen molar-refractivity contribution in [2.24, 2.45) is 11.8 Å². The van der Waals surface area contributed by atoms with Crippen LogP contribution in [0.1, 0.15) is 32.6 Å². The fourth-order valence-corrected chi connectivity index (χ4v) is 3.31. The Morgan fingerprint density at radius 3 is 2.95 bits per heavy atom. The number of anilines is 1. The molecule has 1 saturated carbocycles. The summed E-state index contributed by atoms with van der Waals surface area (Å²) in [5.41, 5.74) is 3.94. The third-order valence-corrected chi connectivity index (χ3v) is 4.69. The van der Waals surface area contributed by atoms with Gasteiger partial charge in [0.25, 0.3) is 0 Å². The molecule has 3 heteroatoms. The van der Waals surface area contributed by atoms with Crippen molar-refractivity contribution < 1.29 is 0 Å². The zero-order chi connectivity index (χ0) is 14.2. The first-order chi connectivity index (χ1) is 10.3. The summed E-state index contributed by atoms with van der Waals surface area (Å²) < 4.78 is 0. The standard InChI is InChI=1S/C18H21N3/c1-2-12-9-10-14(11-16(12)13-7-8-13)19-18-15-5-3-4-6-17(15)20-21-18/h3-6,10-13H,2,7-9H2,1H3,(H2,19,20,21). The molecule has 2 aliphatic carbocycles. The van der Waals surface area contributed by atoms with E-state index in [-0.39, 0.29) is 0 Å². The van der Waals surface area contributed by atoms with E-state index in [1.165, 1.54) is 25.0 Å². The molecular formula is C18H21N3. The quantitative estimate of drug-likeness (QED) is 0.857. The lowest BCUT2D eigenvalue weighted by Crippen LogP contribution is -2.12. The second-order valence-corrected chi connectivity index (χ2v) is 6.16. The third kappa shape index (κ3) is 2.37. The van der Waals surface area contributed by atoms with E-state index < -0.39 is 0 Å². The van der Waals surface area contributed by atoms with Gasteiger partial charge in [-0.15, -0.1) is 0 Å². The second-order valence-electron chi connectivity index (χ2n) is 6.16. The van der Waals surface area contributed by atoms with Crippen LogP contribution < -0.4 is 5.32 Å². The van der Waals surface area contributed by atoms with Crippen LogP contribution in [-0.4, -0.2) is 10.2 Å². The normalized spacial score (nSPS) is 22.0. The van der Waals surface area contributed by atoms with Gasteiger partial charge in [0.2, 0.25) is 0 Å². The van der Waals surface area contributed by atoms with Crippen LogP contribution in [0.15, 0.2) is 47.7 Å². The van der Waals surface area contributed by atoms with E-state index in [9.17, 15) is 0 Å². The lowest BCUT2D eigenvalue weighted by atomic mass is 9.85. The molecule has 2 aliphatic rings. The number of aromatic nitrogens is 2. The van der Waals surface area contributed by atoms with Gasteiger partial charge < -0.3 is 5.32 Å². The van der Waals surface area contributed by atoms with Crippen LogP contribution in [-0.2, 0) is 0 Å². The van der Waals surface area contributed by atoms with Crippen molar-refractivity contribution in [1.29, 1.82) is 0 Å². The lowest BCUT2D eigenvalue weighted by Gasteiger charge is -2.23. The van der Waals surface area contributed by atoms with Crippen molar-refractivity contribution in [3.63, 3.8) is 0 Å². The molecule has 108 valence electrons. The molecule has 0 bridgehead atoms. The monoisotopic (exact) mass is 279 g/mol. The summed E-state index contributed by atoms with van der Waals surface area (Å²) in [5, 5.41) is 12.1. The van der Waals surface area contributed by atoms with E-state index in [4.69, 9.17) is 0 Å². The molecule has 1 atom stereocenters. The van der Waals surface area contributed by atoms with E-state index in [1.54, 1.807) is 5.57 Å². The highest BCUT2D eigenvalue weighted by molar-refractivity contribution is 5.90. The number of aromatic amines is 1. The molecule has 21 heavy (non-hydrogen) atoms. The smallest absolute Gasteiger partial charge is 0.160 e. The van der Waals surface area contributed by atoms with Crippen LogP contribution in [0.4, 0.5) is 5.82 Å². The molecule has 2 N–H and O–H groups in total. The molecule has 0 aliphatic heterocycles. The lowest BCUT2D eigenvalue weighted by molar-refractivity contribution is 0.560. The van der Waals surface area contributed by atoms with Crippen LogP contribution >= 0.6 is 0 Å². The average Bonchev–Trinajstić information content (AvgIpc) is 3.30. The molecule has 0 saturated heterocycles. The number of nitrogens with one attached hydrogen (secondary N) is 2. The first kappa shape index (κ1) is 12.7. The third-order valence-electron chi connectivity index (χ3n) is 4.69. The Bertz CT molecular complexity index is 719. The number of para-hydroxylation sites is 1. The van der Waals surface area contributed by atoms with Crippen molar-refractivity contribution in [1.82, 2.24) is 10.2 Å². The number of rotatable bonds is 4. The minimum Gasteiger partial charge on any atom is -0.339 e. The molecule has 0 radical (unpaired) electrons. The molecule has 0 amide bonds. The average molecular weight is 279 g/mol. The summed E-state index contributed by atoms with van der Waals surface area (Å²) >= 11 is 0.